The van der Waals surface area contributed by atoms with Gasteiger partial charge in [0.05, 0.1) is 11.2 Å². The molecule has 0 saturated heterocycles. The van der Waals surface area contributed by atoms with Gasteiger partial charge in [-0.3, -0.25) is 0 Å². The average molecular weight is 321 g/mol. The largest absolute Gasteiger partial charge is 0.312 e. The van der Waals surface area contributed by atoms with Crippen molar-refractivity contribution in [1.82, 2.24) is 4.57 Å². The standard InChI is InChI=1S/C24H19N/c1-24(2)20-12-17-11-15-7-3-5-9-18(15)19(17)14-22(20)25-21-10-6-4-8-16(21)13-23(24)25/h3-10,12-14H,11H2,1-2H3. The maximum Gasteiger partial charge on any atom is 0.0531 e. The topological polar surface area (TPSA) is 4.93 Å². The summed E-state index contributed by atoms with van der Waals surface area (Å²) in [5, 5.41) is 1.33. The van der Waals surface area contributed by atoms with E-state index in [9.17, 15) is 0 Å². The van der Waals surface area contributed by atoms with Crippen LogP contribution in [0.4, 0.5) is 0 Å². The summed E-state index contributed by atoms with van der Waals surface area (Å²) in [6, 6.07) is 24.8. The highest BCUT2D eigenvalue weighted by molar-refractivity contribution is 5.88. The molecule has 0 spiro atoms. The smallest absolute Gasteiger partial charge is 0.0531 e. The van der Waals surface area contributed by atoms with Gasteiger partial charge in [0.25, 0.3) is 0 Å². The second-order valence-electron chi connectivity index (χ2n) is 7.91. The zero-order chi connectivity index (χ0) is 16.8. The number of rotatable bonds is 0. The maximum atomic E-state index is 2.48. The molecular formula is C24H19N. The zero-order valence-corrected chi connectivity index (χ0v) is 14.5. The van der Waals surface area contributed by atoms with Gasteiger partial charge in [0, 0.05) is 16.5 Å². The minimum Gasteiger partial charge on any atom is -0.312 e. The van der Waals surface area contributed by atoms with Gasteiger partial charge in [-0.15, -0.1) is 0 Å². The molecule has 1 aliphatic carbocycles. The van der Waals surface area contributed by atoms with Crippen LogP contribution in [-0.4, -0.2) is 4.57 Å². The summed E-state index contributed by atoms with van der Waals surface area (Å²) >= 11 is 0. The molecule has 1 heteroatoms. The SMILES string of the molecule is CC1(C)c2cc3c(cc2-n2c1cc1ccccc12)-c1ccccc1C3. The fourth-order valence-electron chi connectivity index (χ4n) is 4.87. The molecule has 0 unspecified atom stereocenters. The second kappa shape index (κ2) is 4.23. The van der Waals surface area contributed by atoms with E-state index in [4.69, 9.17) is 0 Å². The summed E-state index contributed by atoms with van der Waals surface area (Å²) in [4.78, 5) is 0. The van der Waals surface area contributed by atoms with Gasteiger partial charge in [0.1, 0.15) is 0 Å². The Morgan fingerprint density at radius 2 is 1.60 bits per heavy atom. The Hall–Kier alpha value is -2.80. The lowest BCUT2D eigenvalue weighted by molar-refractivity contribution is 0.644. The normalized spacial score (nSPS) is 15.8. The predicted molar refractivity (Wildman–Crippen MR) is 104 cm³/mol. The van der Waals surface area contributed by atoms with E-state index in [1.807, 2.05) is 0 Å². The molecule has 1 aromatic heterocycles. The van der Waals surface area contributed by atoms with Crippen LogP contribution in [0.15, 0.2) is 66.7 Å². The van der Waals surface area contributed by atoms with E-state index in [1.54, 1.807) is 0 Å². The molecule has 3 aromatic carbocycles. The minimum absolute atomic E-state index is 0.0398. The van der Waals surface area contributed by atoms with Crippen molar-refractivity contribution < 1.29 is 0 Å². The van der Waals surface area contributed by atoms with Crippen LogP contribution in [0.5, 0.6) is 0 Å². The molecule has 0 fully saturated rings. The highest BCUT2D eigenvalue weighted by Gasteiger charge is 2.38. The minimum atomic E-state index is 0.0398. The fourth-order valence-corrected chi connectivity index (χ4v) is 4.87. The quantitative estimate of drug-likeness (QED) is 0.337. The first kappa shape index (κ1) is 13.5. The van der Waals surface area contributed by atoms with E-state index in [0.29, 0.717) is 0 Å². The number of fused-ring (bicyclic) bond motifs is 8. The van der Waals surface area contributed by atoms with Crippen LogP contribution in [0, 0.1) is 0 Å². The summed E-state index contributed by atoms with van der Waals surface area (Å²) in [6.45, 7) is 4.72. The third kappa shape index (κ3) is 1.54. The molecule has 0 saturated carbocycles. The number of benzene rings is 3. The van der Waals surface area contributed by atoms with Gasteiger partial charge in [-0.2, -0.15) is 0 Å². The number of aromatic nitrogens is 1. The summed E-state index contributed by atoms with van der Waals surface area (Å²) in [7, 11) is 0. The van der Waals surface area contributed by atoms with Gasteiger partial charge in [0.15, 0.2) is 0 Å². The Balaban J connectivity index is 1.72. The number of hydrogen-bond donors (Lipinski definition) is 0. The third-order valence-electron chi connectivity index (χ3n) is 6.18. The van der Waals surface area contributed by atoms with Gasteiger partial charge in [0.2, 0.25) is 0 Å². The van der Waals surface area contributed by atoms with Crippen LogP contribution in [0.25, 0.3) is 27.7 Å². The van der Waals surface area contributed by atoms with E-state index >= 15 is 0 Å². The van der Waals surface area contributed by atoms with Crippen molar-refractivity contribution in [2.45, 2.75) is 25.7 Å². The highest BCUT2D eigenvalue weighted by atomic mass is 15.0. The lowest BCUT2D eigenvalue weighted by Crippen LogP contribution is -2.15. The Bertz CT molecular complexity index is 1190. The fraction of sp³-hybridized carbons (Fsp3) is 0.167. The Labute approximate surface area is 147 Å². The lowest BCUT2D eigenvalue weighted by atomic mass is 9.82. The Morgan fingerprint density at radius 1 is 0.800 bits per heavy atom. The number of hydrogen-bond acceptors (Lipinski definition) is 0. The predicted octanol–water partition coefficient (Wildman–Crippen LogP) is 5.84. The monoisotopic (exact) mass is 321 g/mol. The molecule has 0 bridgehead atoms. The molecule has 0 N–H and O–H groups in total. The van der Waals surface area contributed by atoms with Crippen LogP contribution >= 0.6 is 0 Å². The van der Waals surface area contributed by atoms with Crippen LogP contribution in [0.1, 0.15) is 36.2 Å². The molecule has 2 aliphatic rings. The van der Waals surface area contributed by atoms with Crippen LogP contribution in [0.2, 0.25) is 0 Å². The molecule has 6 rings (SSSR count). The van der Waals surface area contributed by atoms with E-state index in [2.05, 4.69) is 85.1 Å². The van der Waals surface area contributed by atoms with E-state index in [-0.39, 0.29) is 5.41 Å². The molecule has 0 atom stereocenters. The lowest BCUT2D eigenvalue weighted by Gasteiger charge is -2.19. The first-order chi connectivity index (χ1) is 12.1. The average Bonchev–Trinajstić information content (AvgIpc) is 3.24. The summed E-state index contributed by atoms with van der Waals surface area (Å²) in [5.41, 5.74) is 11.3. The second-order valence-corrected chi connectivity index (χ2v) is 7.91. The molecule has 120 valence electrons. The van der Waals surface area contributed by atoms with Gasteiger partial charge < -0.3 is 4.57 Å². The summed E-state index contributed by atoms with van der Waals surface area (Å²) < 4.78 is 2.48. The van der Waals surface area contributed by atoms with Crippen molar-refractivity contribution in [3.8, 4) is 16.8 Å². The molecule has 0 radical (unpaired) electrons. The van der Waals surface area contributed by atoms with Crippen molar-refractivity contribution in [3.05, 3.63) is 89.1 Å². The highest BCUT2D eigenvalue weighted by Crippen LogP contribution is 2.49. The van der Waals surface area contributed by atoms with E-state index in [0.717, 1.165) is 6.42 Å². The van der Waals surface area contributed by atoms with Crippen LogP contribution in [0.3, 0.4) is 0 Å². The molecule has 1 aliphatic heterocycles. The molecular weight excluding hydrogens is 302 g/mol. The molecule has 1 nitrogen and oxygen atoms in total. The van der Waals surface area contributed by atoms with E-state index in [1.165, 1.54) is 50.1 Å². The molecule has 0 amide bonds. The van der Waals surface area contributed by atoms with Crippen molar-refractivity contribution >= 4 is 10.9 Å². The first-order valence-electron chi connectivity index (χ1n) is 9.01. The Kier molecular flexibility index (Phi) is 2.28. The van der Waals surface area contributed by atoms with Gasteiger partial charge in [-0.05, 0) is 52.4 Å². The Morgan fingerprint density at radius 3 is 2.52 bits per heavy atom. The van der Waals surface area contributed by atoms with Gasteiger partial charge in [-0.25, -0.2) is 0 Å². The number of nitrogens with zero attached hydrogens (tertiary/aromatic N) is 1. The molecule has 2 heterocycles. The van der Waals surface area contributed by atoms with Crippen LogP contribution in [-0.2, 0) is 11.8 Å². The van der Waals surface area contributed by atoms with E-state index < -0.39 is 0 Å². The van der Waals surface area contributed by atoms with Crippen molar-refractivity contribution in [3.63, 3.8) is 0 Å². The van der Waals surface area contributed by atoms with Crippen molar-refractivity contribution in [2.24, 2.45) is 0 Å². The van der Waals surface area contributed by atoms with Gasteiger partial charge >= 0.3 is 0 Å². The van der Waals surface area contributed by atoms with Crippen LogP contribution < -0.4 is 0 Å². The third-order valence-corrected chi connectivity index (χ3v) is 6.18. The molecule has 25 heavy (non-hydrogen) atoms. The molecule has 4 aromatic rings. The number of para-hydroxylation sites is 1. The first-order valence-corrected chi connectivity index (χ1v) is 9.01. The van der Waals surface area contributed by atoms with Gasteiger partial charge in [-0.1, -0.05) is 62.4 Å². The van der Waals surface area contributed by atoms with Crippen molar-refractivity contribution in [1.29, 1.82) is 0 Å². The van der Waals surface area contributed by atoms with Crippen molar-refractivity contribution in [2.75, 3.05) is 0 Å². The maximum absolute atomic E-state index is 2.48. The summed E-state index contributed by atoms with van der Waals surface area (Å²) in [5.74, 6) is 0. The summed E-state index contributed by atoms with van der Waals surface area (Å²) in [6.07, 6.45) is 1.06. The zero-order valence-electron chi connectivity index (χ0n) is 14.5.